The van der Waals surface area contributed by atoms with Crippen molar-refractivity contribution in [1.82, 2.24) is 10.6 Å². The summed E-state index contributed by atoms with van der Waals surface area (Å²) in [7, 11) is 0. The molecule has 0 radical (unpaired) electrons. The maximum absolute atomic E-state index is 11.5. The number of carbonyl (C=O) groups excluding carboxylic acids is 2. The highest BCUT2D eigenvalue weighted by Crippen LogP contribution is 2.11. The molecule has 0 aliphatic carbocycles. The van der Waals surface area contributed by atoms with Crippen LogP contribution in [0.25, 0.3) is 0 Å². The normalized spacial score (nSPS) is 10.8. The van der Waals surface area contributed by atoms with Crippen LogP contribution in [0.5, 0.6) is 0 Å². The van der Waals surface area contributed by atoms with E-state index in [0.29, 0.717) is 0 Å². The fraction of sp³-hybridized carbons (Fsp3) is 0.667. The summed E-state index contributed by atoms with van der Waals surface area (Å²) in [5, 5.41) is 3.66. The van der Waals surface area contributed by atoms with Crippen LogP contribution in [0, 0.1) is 0 Å². The van der Waals surface area contributed by atoms with Crippen LogP contribution in [0.15, 0.2) is 0 Å². The van der Waals surface area contributed by atoms with Crippen molar-refractivity contribution >= 4 is 11.8 Å². The van der Waals surface area contributed by atoms with E-state index in [1.807, 2.05) is 0 Å². The van der Waals surface area contributed by atoms with Crippen LogP contribution in [0.4, 0.5) is 13.2 Å². The largest absolute Gasteiger partial charge is 0.405 e. The zero-order valence-electron chi connectivity index (χ0n) is 6.86. The van der Waals surface area contributed by atoms with Crippen molar-refractivity contribution < 1.29 is 22.8 Å². The van der Waals surface area contributed by atoms with Crippen molar-refractivity contribution in [3.63, 3.8) is 0 Å². The van der Waals surface area contributed by atoms with Crippen LogP contribution in [0.3, 0.4) is 0 Å². The highest BCUT2D eigenvalue weighted by Gasteiger charge is 2.27. The summed E-state index contributed by atoms with van der Waals surface area (Å²) in [5.74, 6) is -1.34. The first-order chi connectivity index (χ1) is 5.81. The third-order valence-corrected chi connectivity index (χ3v) is 0.984. The Labute approximate surface area is 72.5 Å². The van der Waals surface area contributed by atoms with Crippen molar-refractivity contribution in [2.45, 2.75) is 13.1 Å². The molecule has 0 unspecified atom stereocenters. The van der Waals surface area contributed by atoms with Gasteiger partial charge in [0.25, 0.3) is 0 Å². The first kappa shape index (κ1) is 11.7. The van der Waals surface area contributed by atoms with Gasteiger partial charge >= 0.3 is 6.18 Å². The van der Waals surface area contributed by atoms with Gasteiger partial charge in [-0.15, -0.1) is 0 Å². The molecule has 0 fully saturated rings. The van der Waals surface area contributed by atoms with Gasteiger partial charge in [0.2, 0.25) is 11.8 Å². The molecular formula is C6H9F3N2O2. The first-order valence-electron chi connectivity index (χ1n) is 3.39. The molecule has 0 aromatic carbocycles. The van der Waals surface area contributed by atoms with Crippen molar-refractivity contribution in [1.29, 1.82) is 0 Å². The molecule has 13 heavy (non-hydrogen) atoms. The topological polar surface area (TPSA) is 58.2 Å². The Kier molecular flexibility index (Phi) is 4.22. The van der Waals surface area contributed by atoms with Crippen molar-refractivity contribution in [3.8, 4) is 0 Å². The second kappa shape index (κ2) is 4.68. The molecule has 4 nitrogen and oxygen atoms in total. The molecule has 0 spiro atoms. The summed E-state index contributed by atoms with van der Waals surface area (Å²) < 4.78 is 34.5. The Morgan fingerprint density at radius 3 is 2.15 bits per heavy atom. The molecule has 0 rings (SSSR count). The minimum absolute atomic E-state index is 0.439. The van der Waals surface area contributed by atoms with Gasteiger partial charge in [-0.2, -0.15) is 13.2 Å². The molecule has 0 bridgehead atoms. The molecule has 0 atom stereocenters. The van der Waals surface area contributed by atoms with E-state index in [4.69, 9.17) is 0 Å². The number of carbonyl (C=O) groups is 2. The molecule has 76 valence electrons. The number of nitrogens with one attached hydrogen (secondary N) is 2. The monoisotopic (exact) mass is 198 g/mol. The number of hydrogen-bond acceptors (Lipinski definition) is 2. The highest BCUT2D eigenvalue weighted by molar-refractivity contribution is 5.83. The second-order valence-corrected chi connectivity index (χ2v) is 2.30. The molecule has 0 saturated heterocycles. The predicted molar refractivity (Wildman–Crippen MR) is 37.7 cm³/mol. The number of rotatable bonds is 3. The summed E-state index contributed by atoms with van der Waals surface area (Å²) in [4.78, 5) is 20.8. The SMILES string of the molecule is CC(=O)NCC(=O)NCC(F)(F)F. The van der Waals surface area contributed by atoms with Crippen LogP contribution >= 0.6 is 0 Å². The smallest absolute Gasteiger partial charge is 0.347 e. The van der Waals surface area contributed by atoms with E-state index < -0.39 is 31.1 Å². The van der Waals surface area contributed by atoms with Crippen molar-refractivity contribution in [3.05, 3.63) is 0 Å². The third-order valence-electron chi connectivity index (χ3n) is 0.984. The summed E-state index contributed by atoms with van der Waals surface area (Å²) in [6, 6.07) is 0. The minimum Gasteiger partial charge on any atom is -0.347 e. The van der Waals surface area contributed by atoms with E-state index in [-0.39, 0.29) is 0 Å². The lowest BCUT2D eigenvalue weighted by Gasteiger charge is -2.07. The lowest BCUT2D eigenvalue weighted by atomic mass is 10.5. The molecule has 0 aromatic heterocycles. The van der Waals surface area contributed by atoms with Gasteiger partial charge in [0.15, 0.2) is 0 Å². The van der Waals surface area contributed by atoms with Crippen LogP contribution in [0.1, 0.15) is 6.92 Å². The second-order valence-electron chi connectivity index (χ2n) is 2.30. The quantitative estimate of drug-likeness (QED) is 0.659. The minimum atomic E-state index is -4.42. The summed E-state index contributed by atoms with van der Waals surface area (Å²) in [6.07, 6.45) is -4.42. The average molecular weight is 198 g/mol. The van der Waals surface area contributed by atoms with Crippen LogP contribution in [0.2, 0.25) is 0 Å². The first-order valence-corrected chi connectivity index (χ1v) is 3.39. The summed E-state index contributed by atoms with van der Waals surface area (Å²) in [6.45, 7) is -0.659. The maximum Gasteiger partial charge on any atom is 0.405 e. The van der Waals surface area contributed by atoms with Gasteiger partial charge < -0.3 is 10.6 Å². The molecule has 0 saturated carbocycles. The highest BCUT2D eigenvalue weighted by atomic mass is 19.4. The van der Waals surface area contributed by atoms with Gasteiger partial charge in [0.1, 0.15) is 6.54 Å². The van der Waals surface area contributed by atoms with Gasteiger partial charge in [-0.05, 0) is 0 Å². The van der Waals surface area contributed by atoms with E-state index in [0.717, 1.165) is 6.92 Å². The van der Waals surface area contributed by atoms with E-state index in [2.05, 4.69) is 5.32 Å². The van der Waals surface area contributed by atoms with Crippen LogP contribution in [-0.2, 0) is 9.59 Å². The Hall–Kier alpha value is -1.27. The molecule has 0 aliphatic heterocycles. The van der Waals surface area contributed by atoms with Gasteiger partial charge in [-0.1, -0.05) is 0 Å². The Balaban J connectivity index is 3.58. The van der Waals surface area contributed by atoms with E-state index in [1.165, 1.54) is 0 Å². The number of amides is 2. The van der Waals surface area contributed by atoms with E-state index in [1.54, 1.807) is 5.32 Å². The molecular weight excluding hydrogens is 189 g/mol. The Morgan fingerprint density at radius 1 is 1.23 bits per heavy atom. The van der Waals surface area contributed by atoms with Crippen molar-refractivity contribution in [2.24, 2.45) is 0 Å². The van der Waals surface area contributed by atoms with Gasteiger partial charge in [0.05, 0.1) is 6.54 Å². The molecule has 0 heterocycles. The van der Waals surface area contributed by atoms with Crippen molar-refractivity contribution in [2.75, 3.05) is 13.1 Å². The van der Waals surface area contributed by atoms with Gasteiger partial charge in [-0.3, -0.25) is 9.59 Å². The van der Waals surface area contributed by atoms with Crippen LogP contribution in [-0.4, -0.2) is 31.1 Å². The third kappa shape index (κ3) is 8.64. The number of hydrogen-bond donors (Lipinski definition) is 2. The molecule has 0 aliphatic rings. The zero-order valence-corrected chi connectivity index (χ0v) is 6.86. The molecule has 2 N–H and O–H groups in total. The average Bonchev–Trinajstić information content (AvgIpc) is 1.95. The van der Waals surface area contributed by atoms with Gasteiger partial charge in [0, 0.05) is 6.92 Å². The summed E-state index contributed by atoms with van der Waals surface area (Å²) >= 11 is 0. The maximum atomic E-state index is 11.5. The van der Waals surface area contributed by atoms with Crippen LogP contribution < -0.4 is 10.6 Å². The number of alkyl halides is 3. The molecule has 2 amide bonds. The lowest BCUT2D eigenvalue weighted by molar-refractivity contribution is -0.138. The predicted octanol–water partition coefficient (Wildman–Crippen LogP) is -0.199. The fourth-order valence-electron chi connectivity index (χ4n) is 0.466. The summed E-state index contributed by atoms with van der Waals surface area (Å²) in [5.41, 5.74) is 0. The van der Waals surface area contributed by atoms with Gasteiger partial charge in [-0.25, -0.2) is 0 Å². The van der Waals surface area contributed by atoms with E-state index in [9.17, 15) is 22.8 Å². The zero-order chi connectivity index (χ0) is 10.5. The Morgan fingerprint density at radius 2 is 1.77 bits per heavy atom. The lowest BCUT2D eigenvalue weighted by Crippen LogP contribution is -2.40. The molecule has 0 aromatic rings. The molecule has 7 heteroatoms. The standard InChI is InChI=1S/C6H9F3N2O2/c1-4(12)10-2-5(13)11-3-6(7,8)9/h2-3H2,1H3,(H,10,12)(H,11,13). The van der Waals surface area contributed by atoms with E-state index >= 15 is 0 Å². The fourth-order valence-corrected chi connectivity index (χ4v) is 0.466. The Bertz CT molecular complexity index is 203. The number of halogens is 3.